The van der Waals surface area contributed by atoms with Crippen molar-refractivity contribution in [2.24, 2.45) is 0 Å². The van der Waals surface area contributed by atoms with Crippen LogP contribution in [0.15, 0.2) is 36.7 Å². The molecule has 1 atom stereocenters. The highest BCUT2D eigenvalue weighted by atomic mass is 19.4. The smallest absolute Gasteiger partial charge is 0.336 e. The molecule has 0 bridgehead atoms. The Morgan fingerprint density at radius 2 is 1.88 bits per heavy atom. The van der Waals surface area contributed by atoms with Crippen LogP contribution in [0.25, 0.3) is 0 Å². The van der Waals surface area contributed by atoms with Crippen LogP contribution in [0.2, 0.25) is 0 Å². The van der Waals surface area contributed by atoms with Crippen molar-refractivity contribution in [2.75, 3.05) is 6.54 Å². The molecule has 1 heterocycles. The molecule has 0 aliphatic heterocycles. The van der Waals surface area contributed by atoms with Crippen LogP contribution in [-0.2, 0) is 6.54 Å². The molecule has 0 saturated heterocycles. The molecule has 0 aliphatic rings. The minimum absolute atomic E-state index is 0.0160. The van der Waals surface area contributed by atoms with Gasteiger partial charge in [0.25, 0.3) is 0 Å². The molecule has 2 aromatic rings. The Labute approximate surface area is 133 Å². The molecule has 0 saturated carbocycles. The molecule has 1 aromatic heterocycles. The Morgan fingerprint density at radius 3 is 2.42 bits per heavy atom. The molecular formula is C14H13F5N4O. The van der Waals surface area contributed by atoms with Crippen molar-refractivity contribution in [3.05, 3.63) is 53.9 Å². The highest BCUT2D eigenvalue weighted by Gasteiger charge is 2.44. The minimum Gasteiger partial charge on any atom is -0.336 e. The second kappa shape index (κ2) is 7.28. The number of urea groups is 1. The Hall–Kier alpha value is -2.65. The monoisotopic (exact) mass is 348 g/mol. The SMILES string of the molecule is O=C(NCCn1cccn1)N[C@H](c1c(F)cccc1F)C(F)(F)F. The van der Waals surface area contributed by atoms with Crippen molar-refractivity contribution in [2.45, 2.75) is 18.8 Å². The predicted octanol–water partition coefficient (Wildman–Crippen LogP) is 2.76. The molecule has 5 nitrogen and oxygen atoms in total. The minimum atomic E-state index is -5.07. The van der Waals surface area contributed by atoms with Crippen LogP contribution >= 0.6 is 0 Å². The lowest BCUT2D eigenvalue weighted by molar-refractivity contribution is -0.156. The third kappa shape index (κ3) is 4.43. The summed E-state index contributed by atoms with van der Waals surface area (Å²) in [6.07, 6.45) is -1.96. The first-order valence-corrected chi connectivity index (χ1v) is 6.81. The van der Waals surface area contributed by atoms with Gasteiger partial charge in [-0.1, -0.05) is 6.07 Å². The van der Waals surface area contributed by atoms with Crippen LogP contribution in [0.5, 0.6) is 0 Å². The Kier molecular flexibility index (Phi) is 5.37. The normalized spacial score (nSPS) is 12.7. The molecular weight excluding hydrogens is 335 g/mol. The van der Waals surface area contributed by atoms with Gasteiger partial charge in [-0.05, 0) is 18.2 Å². The molecule has 130 valence electrons. The summed E-state index contributed by atoms with van der Waals surface area (Å²) in [6.45, 7) is 0.211. The molecule has 1 aromatic carbocycles. The average Bonchev–Trinajstić information content (AvgIpc) is 2.98. The summed E-state index contributed by atoms with van der Waals surface area (Å²) >= 11 is 0. The van der Waals surface area contributed by atoms with E-state index in [4.69, 9.17) is 0 Å². The fourth-order valence-corrected chi connectivity index (χ4v) is 2.00. The topological polar surface area (TPSA) is 59.0 Å². The summed E-state index contributed by atoms with van der Waals surface area (Å²) in [4.78, 5) is 11.6. The number of aromatic nitrogens is 2. The molecule has 2 amide bonds. The van der Waals surface area contributed by atoms with Crippen LogP contribution in [0.1, 0.15) is 11.6 Å². The van der Waals surface area contributed by atoms with E-state index in [1.807, 2.05) is 0 Å². The summed E-state index contributed by atoms with van der Waals surface area (Å²) in [5.74, 6) is -2.79. The summed E-state index contributed by atoms with van der Waals surface area (Å²) < 4.78 is 67.9. The van der Waals surface area contributed by atoms with Crippen molar-refractivity contribution in [1.82, 2.24) is 20.4 Å². The lowest BCUT2D eigenvalue weighted by Gasteiger charge is -2.23. The van der Waals surface area contributed by atoms with E-state index in [1.165, 1.54) is 10.9 Å². The second-order valence-electron chi connectivity index (χ2n) is 4.78. The van der Waals surface area contributed by atoms with E-state index >= 15 is 0 Å². The van der Waals surface area contributed by atoms with E-state index in [-0.39, 0.29) is 13.1 Å². The summed E-state index contributed by atoms with van der Waals surface area (Å²) in [6, 6.07) is -0.0504. The third-order valence-electron chi connectivity index (χ3n) is 3.08. The standard InChI is InChI=1S/C14H13F5N4O/c15-9-3-1-4-10(16)11(9)12(14(17,18)19)22-13(24)20-6-8-23-7-2-5-21-23/h1-5,7,12H,6,8H2,(H2,20,22,24)/t12-/m1/s1. The zero-order valence-corrected chi connectivity index (χ0v) is 12.1. The van der Waals surface area contributed by atoms with Gasteiger partial charge in [0.2, 0.25) is 0 Å². The average molecular weight is 348 g/mol. The maximum Gasteiger partial charge on any atom is 0.413 e. The van der Waals surface area contributed by atoms with Crippen molar-refractivity contribution in [3.63, 3.8) is 0 Å². The largest absolute Gasteiger partial charge is 0.413 e. The van der Waals surface area contributed by atoms with Gasteiger partial charge in [0.1, 0.15) is 11.6 Å². The number of rotatable bonds is 5. The number of carbonyl (C=O) groups is 1. The first-order valence-electron chi connectivity index (χ1n) is 6.81. The van der Waals surface area contributed by atoms with Gasteiger partial charge in [0.15, 0.2) is 6.04 Å². The number of amides is 2. The van der Waals surface area contributed by atoms with E-state index in [2.05, 4.69) is 10.4 Å². The molecule has 2 rings (SSSR count). The molecule has 0 fully saturated rings. The van der Waals surface area contributed by atoms with Crippen molar-refractivity contribution >= 4 is 6.03 Å². The van der Waals surface area contributed by atoms with E-state index in [1.54, 1.807) is 17.6 Å². The quantitative estimate of drug-likeness (QED) is 0.817. The molecule has 24 heavy (non-hydrogen) atoms. The Morgan fingerprint density at radius 1 is 1.21 bits per heavy atom. The Balaban J connectivity index is 2.05. The molecule has 0 aliphatic carbocycles. The fourth-order valence-electron chi connectivity index (χ4n) is 2.00. The van der Waals surface area contributed by atoms with Crippen LogP contribution < -0.4 is 10.6 Å². The molecule has 0 spiro atoms. The van der Waals surface area contributed by atoms with E-state index in [0.29, 0.717) is 12.1 Å². The fraction of sp³-hybridized carbons (Fsp3) is 0.286. The molecule has 10 heteroatoms. The lowest BCUT2D eigenvalue weighted by Crippen LogP contribution is -2.45. The predicted molar refractivity (Wildman–Crippen MR) is 73.9 cm³/mol. The number of nitrogens with zero attached hydrogens (tertiary/aromatic N) is 2. The maximum absolute atomic E-state index is 13.6. The van der Waals surface area contributed by atoms with Gasteiger partial charge in [-0.15, -0.1) is 0 Å². The maximum atomic E-state index is 13.6. The van der Waals surface area contributed by atoms with Gasteiger partial charge in [-0.25, -0.2) is 13.6 Å². The second-order valence-corrected chi connectivity index (χ2v) is 4.78. The van der Waals surface area contributed by atoms with Crippen molar-refractivity contribution < 1.29 is 26.7 Å². The number of alkyl halides is 3. The lowest BCUT2D eigenvalue weighted by atomic mass is 10.1. The number of carbonyl (C=O) groups excluding carboxylic acids is 1. The van der Waals surface area contributed by atoms with Crippen molar-refractivity contribution in [3.8, 4) is 0 Å². The molecule has 0 radical (unpaired) electrons. The zero-order chi connectivity index (χ0) is 17.7. The van der Waals surface area contributed by atoms with Gasteiger partial charge in [0.05, 0.1) is 12.1 Å². The molecule has 0 unspecified atom stereocenters. The van der Waals surface area contributed by atoms with Crippen LogP contribution in [0.3, 0.4) is 0 Å². The van der Waals surface area contributed by atoms with Gasteiger partial charge in [-0.3, -0.25) is 4.68 Å². The number of hydrogen-bond donors (Lipinski definition) is 2. The van der Waals surface area contributed by atoms with Gasteiger partial charge >= 0.3 is 12.2 Å². The number of benzene rings is 1. The molecule has 2 N–H and O–H groups in total. The highest BCUT2D eigenvalue weighted by Crippen LogP contribution is 2.35. The number of hydrogen-bond acceptors (Lipinski definition) is 2. The van der Waals surface area contributed by atoms with Crippen LogP contribution in [0.4, 0.5) is 26.7 Å². The zero-order valence-electron chi connectivity index (χ0n) is 12.1. The summed E-state index contributed by atoms with van der Waals surface area (Å²) in [5, 5.41) is 7.58. The van der Waals surface area contributed by atoms with Crippen LogP contribution in [0, 0.1) is 11.6 Å². The first kappa shape index (κ1) is 17.7. The van der Waals surface area contributed by atoms with E-state index in [9.17, 15) is 26.7 Å². The summed E-state index contributed by atoms with van der Waals surface area (Å²) in [5.41, 5.74) is -1.26. The highest BCUT2D eigenvalue weighted by molar-refractivity contribution is 5.74. The first-order chi connectivity index (χ1) is 11.3. The van der Waals surface area contributed by atoms with E-state index < -0.39 is 35.4 Å². The summed E-state index contributed by atoms with van der Waals surface area (Å²) in [7, 11) is 0. The Bertz CT molecular complexity index is 667. The third-order valence-corrected chi connectivity index (χ3v) is 3.08. The number of nitrogens with one attached hydrogen (secondary N) is 2. The van der Waals surface area contributed by atoms with Gasteiger partial charge in [0, 0.05) is 18.9 Å². The number of halogens is 5. The van der Waals surface area contributed by atoms with E-state index in [0.717, 1.165) is 6.07 Å². The van der Waals surface area contributed by atoms with Crippen molar-refractivity contribution in [1.29, 1.82) is 0 Å². The van der Waals surface area contributed by atoms with Crippen LogP contribution in [-0.4, -0.2) is 28.5 Å². The van der Waals surface area contributed by atoms with Gasteiger partial charge in [-0.2, -0.15) is 18.3 Å². The van der Waals surface area contributed by atoms with Gasteiger partial charge < -0.3 is 10.6 Å².